The Hall–Kier alpha value is -2.80. The standard InChI is InChI=1S/C26H23N/c1-2-4-22-17(3-1)5-10-25-23-9-6-18(15-20(23)7-11-24(22)25)19-8-12-26-21(16-19)13-14-27-26/h1-4,7-8,11-14,16,18,27H,5-6,9-10,15H2. The van der Waals surface area contributed by atoms with E-state index in [1.165, 1.54) is 65.3 Å². The maximum Gasteiger partial charge on any atom is 0.0454 e. The lowest BCUT2D eigenvalue weighted by atomic mass is 9.74. The van der Waals surface area contributed by atoms with Crippen molar-refractivity contribution in [3.05, 3.63) is 94.7 Å². The van der Waals surface area contributed by atoms with Gasteiger partial charge in [0.25, 0.3) is 0 Å². The number of benzene rings is 3. The van der Waals surface area contributed by atoms with Crippen LogP contribution in [0.15, 0.2) is 66.9 Å². The van der Waals surface area contributed by atoms with Gasteiger partial charge in [-0.2, -0.15) is 0 Å². The number of rotatable bonds is 1. The molecule has 0 fully saturated rings. The maximum atomic E-state index is 3.31. The van der Waals surface area contributed by atoms with Gasteiger partial charge in [-0.1, -0.05) is 42.5 Å². The quantitative estimate of drug-likeness (QED) is 0.421. The largest absolute Gasteiger partial charge is 0.361 e. The molecule has 1 unspecified atom stereocenters. The highest BCUT2D eigenvalue weighted by atomic mass is 14.7. The van der Waals surface area contributed by atoms with Crippen molar-refractivity contribution in [2.24, 2.45) is 0 Å². The summed E-state index contributed by atoms with van der Waals surface area (Å²) in [6.07, 6.45) is 8.09. The number of nitrogens with one attached hydrogen (secondary N) is 1. The third-order valence-corrected chi connectivity index (χ3v) is 6.74. The van der Waals surface area contributed by atoms with Crippen LogP contribution < -0.4 is 0 Å². The third-order valence-electron chi connectivity index (χ3n) is 6.74. The van der Waals surface area contributed by atoms with E-state index in [4.69, 9.17) is 0 Å². The Labute approximate surface area is 160 Å². The zero-order chi connectivity index (χ0) is 17.8. The highest BCUT2D eigenvalue weighted by Gasteiger charge is 2.26. The monoisotopic (exact) mass is 349 g/mol. The predicted octanol–water partition coefficient (Wildman–Crippen LogP) is 6.21. The summed E-state index contributed by atoms with van der Waals surface area (Å²) in [5.74, 6) is 0.644. The van der Waals surface area contributed by atoms with Gasteiger partial charge in [-0.05, 0) is 101 Å². The zero-order valence-corrected chi connectivity index (χ0v) is 15.5. The molecule has 132 valence electrons. The average Bonchev–Trinajstić information content (AvgIpc) is 3.20. The van der Waals surface area contributed by atoms with Crippen LogP contribution in [-0.2, 0) is 25.7 Å². The Bertz CT molecular complexity index is 1160. The first-order valence-electron chi connectivity index (χ1n) is 10.2. The van der Waals surface area contributed by atoms with Crippen molar-refractivity contribution in [1.82, 2.24) is 4.98 Å². The molecule has 0 saturated carbocycles. The predicted molar refractivity (Wildman–Crippen MR) is 112 cm³/mol. The minimum Gasteiger partial charge on any atom is -0.361 e. The molecule has 2 aliphatic rings. The first kappa shape index (κ1) is 15.3. The Kier molecular flexibility index (Phi) is 3.31. The van der Waals surface area contributed by atoms with Gasteiger partial charge in [0.15, 0.2) is 0 Å². The number of fused-ring (bicyclic) bond motifs is 6. The molecule has 1 heteroatoms. The molecule has 0 aliphatic heterocycles. The van der Waals surface area contributed by atoms with Gasteiger partial charge in [-0.25, -0.2) is 0 Å². The van der Waals surface area contributed by atoms with E-state index in [-0.39, 0.29) is 0 Å². The summed E-state index contributed by atoms with van der Waals surface area (Å²) >= 11 is 0. The number of hydrogen-bond donors (Lipinski definition) is 1. The van der Waals surface area contributed by atoms with E-state index in [2.05, 4.69) is 65.6 Å². The summed E-state index contributed by atoms with van der Waals surface area (Å²) in [6, 6.07) is 22.9. The summed E-state index contributed by atoms with van der Waals surface area (Å²) in [6.45, 7) is 0. The van der Waals surface area contributed by atoms with Crippen molar-refractivity contribution in [1.29, 1.82) is 0 Å². The number of aryl methyl sites for hydroxylation is 1. The molecule has 0 saturated heterocycles. The normalized spacial score (nSPS) is 18.0. The van der Waals surface area contributed by atoms with E-state index in [1.54, 1.807) is 16.7 Å². The molecule has 1 atom stereocenters. The minimum atomic E-state index is 0.644. The van der Waals surface area contributed by atoms with Gasteiger partial charge in [0.05, 0.1) is 0 Å². The summed E-state index contributed by atoms with van der Waals surface area (Å²) in [7, 11) is 0. The van der Waals surface area contributed by atoms with Crippen LogP contribution in [0.4, 0.5) is 0 Å². The van der Waals surface area contributed by atoms with Gasteiger partial charge in [-0.15, -0.1) is 0 Å². The van der Waals surface area contributed by atoms with Gasteiger partial charge in [0.1, 0.15) is 0 Å². The lowest BCUT2D eigenvalue weighted by Gasteiger charge is -2.30. The lowest BCUT2D eigenvalue weighted by molar-refractivity contribution is 0.581. The molecule has 4 aromatic rings. The van der Waals surface area contributed by atoms with Crippen LogP contribution in [0.3, 0.4) is 0 Å². The van der Waals surface area contributed by atoms with Gasteiger partial charge < -0.3 is 4.98 Å². The van der Waals surface area contributed by atoms with Crippen LogP contribution in [0, 0.1) is 0 Å². The molecule has 1 N–H and O–H groups in total. The van der Waals surface area contributed by atoms with E-state index in [1.807, 2.05) is 6.20 Å². The van der Waals surface area contributed by atoms with Crippen molar-refractivity contribution >= 4 is 10.9 Å². The van der Waals surface area contributed by atoms with Crippen molar-refractivity contribution in [2.45, 2.75) is 38.0 Å². The Morgan fingerprint density at radius 1 is 0.741 bits per heavy atom. The fourth-order valence-corrected chi connectivity index (χ4v) is 5.34. The van der Waals surface area contributed by atoms with E-state index in [0.29, 0.717) is 5.92 Å². The fourth-order valence-electron chi connectivity index (χ4n) is 5.34. The molecule has 0 amide bonds. The first-order chi connectivity index (χ1) is 13.4. The zero-order valence-electron chi connectivity index (χ0n) is 15.5. The van der Waals surface area contributed by atoms with Gasteiger partial charge in [-0.3, -0.25) is 0 Å². The highest BCUT2D eigenvalue weighted by Crippen LogP contribution is 2.41. The van der Waals surface area contributed by atoms with Crippen molar-refractivity contribution < 1.29 is 0 Å². The topological polar surface area (TPSA) is 15.8 Å². The summed E-state index contributed by atoms with van der Waals surface area (Å²) < 4.78 is 0. The van der Waals surface area contributed by atoms with Gasteiger partial charge in [0, 0.05) is 11.7 Å². The molecule has 0 bridgehead atoms. The van der Waals surface area contributed by atoms with Crippen LogP contribution in [0.25, 0.3) is 22.0 Å². The molecule has 3 aromatic carbocycles. The number of aromatic amines is 1. The fraction of sp³-hybridized carbons (Fsp3) is 0.231. The van der Waals surface area contributed by atoms with Crippen molar-refractivity contribution in [3.8, 4) is 11.1 Å². The van der Waals surface area contributed by atoms with Crippen LogP contribution in [0.1, 0.15) is 40.2 Å². The second kappa shape index (κ2) is 5.85. The third kappa shape index (κ3) is 2.38. The molecular weight excluding hydrogens is 326 g/mol. The summed E-state index contributed by atoms with van der Waals surface area (Å²) in [5, 5.41) is 1.33. The first-order valence-corrected chi connectivity index (χ1v) is 10.2. The minimum absolute atomic E-state index is 0.644. The van der Waals surface area contributed by atoms with Crippen LogP contribution in [0.2, 0.25) is 0 Å². The molecule has 1 nitrogen and oxygen atoms in total. The van der Waals surface area contributed by atoms with Crippen LogP contribution in [-0.4, -0.2) is 4.98 Å². The van der Waals surface area contributed by atoms with Gasteiger partial charge >= 0.3 is 0 Å². The van der Waals surface area contributed by atoms with Crippen molar-refractivity contribution in [2.75, 3.05) is 0 Å². The van der Waals surface area contributed by atoms with E-state index >= 15 is 0 Å². The Morgan fingerprint density at radius 2 is 1.70 bits per heavy atom. The molecule has 2 aliphatic carbocycles. The van der Waals surface area contributed by atoms with E-state index in [0.717, 1.165) is 0 Å². The highest BCUT2D eigenvalue weighted by molar-refractivity contribution is 5.80. The molecule has 1 aromatic heterocycles. The van der Waals surface area contributed by atoms with E-state index < -0.39 is 0 Å². The maximum absolute atomic E-state index is 3.31. The molecule has 27 heavy (non-hydrogen) atoms. The Balaban J connectivity index is 1.38. The second-order valence-corrected chi connectivity index (χ2v) is 8.15. The van der Waals surface area contributed by atoms with Gasteiger partial charge in [0.2, 0.25) is 0 Å². The molecule has 0 radical (unpaired) electrons. The number of hydrogen-bond acceptors (Lipinski definition) is 0. The van der Waals surface area contributed by atoms with E-state index in [9.17, 15) is 0 Å². The Morgan fingerprint density at radius 3 is 2.70 bits per heavy atom. The molecule has 1 heterocycles. The van der Waals surface area contributed by atoms with Crippen LogP contribution >= 0.6 is 0 Å². The van der Waals surface area contributed by atoms with Crippen molar-refractivity contribution in [3.63, 3.8) is 0 Å². The molecule has 0 spiro atoms. The SMILES string of the molecule is c1ccc2c(c1)CCc1c-2ccc2c1CCC(c1ccc3[nH]ccc3c1)C2. The second-order valence-electron chi connectivity index (χ2n) is 8.15. The summed E-state index contributed by atoms with van der Waals surface area (Å²) in [5.41, 5.74) is 12.1. The smallest absolute Gasteiger partial charge is 0.0454 e. The molecular formula is C26H23N. The number of aromatic nitrogens is 1. The molecule has 6 rings (SSSR count). The summed E-state index contributed by atoms with van der Waals surface area (Å²) in [4.78, 5) is 3.31. The van der Waals surface area contributed by atoms with Crippen LogP contribution in [0.5, 0.6) is 0 Å². The average molecular weight is 349 g/mol. The lowest BCUT2D eigenvalue weighted by Crippen LogP contribution is -2.17. The number of H-pyrrole nitrogens is 1.